The van der Waals surface area contributed by atoms with Gasteiger partial charge in [0.15, 0.2) is 5.82 Å². The molecule has 1 aliphatic carbocycles. The Bertz CT molecular complexity index is 2700. The van der Waals surface area contributed by atoms with E-state index in [-0.39, 0.29) is 0 Å². The molecular weight excluding hydrogens is 641 g/mol. The zero-order valence-corrected chi connectivity index (χ0v) is 29.0. The summed E-state index contributed by atoms with van der Waals surface area (Å²) in [5.74, 6) is 0.705. The van der Waals surface area contributed by atoms with Gasteiger partial charge >= 0.3 is 0 Å². The highest BCUT2D eigenvalue weighted by Gasteiger charge is 2.46. The van der Waals surface area contributed by atoms with Crippen LogP contribution in [-0.2, 0) is 5.41 Å². The molecule has 2 heteroatoms. The van der Waals surface area contributed by atoms with Crippen molar-refractivity contribution >= 4 is 10.8 Å². The first-order chi connectivity index (χ1) is 26.3. The van der Waals surface area contributed by atoms with Gasteiger partial charge in [0.1, 0.15) is 0 Å². The molecule has 0 saturated carbocycles. The predicted octanol–water partition coefficient (Wildman–Crippen LogP) is 12.7. The second-order valence-corrected chi connectivity index (χ2v) is 13.7. The van der Waals surface area contributed by atoms with Crippen LogP contribution in [0.5, 0.6) is 0 Å². The minimum atomic E-state index is -0.474. The number of nitrogens with zero attached hydrogens (tertiary/aromatic N) is 2. The molecule has 1 aliphatic rings. The zero-order valence-electron chi connectivity index (χ0n) is 29.0. The molecule has 0 bridgehead atoms. The second-order valence-electron chi connectivity index (χ2n) is 13.7. The zero-order chi connectivity index (χ0) is 35.2. The van der Waals surface area contributed by atoms with E-state index in [1.807, 2.05) is 12.1 Å². The van der Waals surface area contributed by atoms with Gasteiger partial charge in [0.25, 0.3) is 0 Å². The van der Waals surface area contributed by atoms with E-state index in [0.717, 1.165) is 33.5 Å². The number of aromatic nitrogens is 2. The van der Waals surface area contributed by atoms with Gasteiger partial charge in [0.05, 0.1) is 16.8 Å². The monoisotopic (exact) mass is 674 g/mol. The van der Waals surface area contributed by atoms with Gasteiger partial charge in [-0.3, -0.25) is 0 Å². The van der Waals surface area contributed by atoms with Crippen molar-refractivity contribution in [2.24, 2.45) is 0 Å². The number of rotatable bonds is 6. The first-order valence-corrected chi connectivity index (χ1v) is 18.2. The van der Waals surface area contributed by atoms with Gasteiger partial charge in [-0.1, -0.05) is 194 Å². The highest BCUT2D eigenvalue weighted by Crippen LogP contribution is 2.58. The van der Waals surface area contributed by atoms with Crippen LogP contribution in [0, 0.1) is 0 Å². The fourth-order valence-electron chi connectivity index (χ4n) is 8.36. The lowest BCUT2D eigenvalue weighted by Crippen LogP contribution is -2.28. The van der Waals surface area contributed by atoms with Gasteiger partial charge in [-0.2, -0.15) is 0 Å². The topological polar surface area (TPSA) is 25.8 Å². The molecule has 53 heavy (non-hydrogen) atoms. The van der Waals surface area contributed by atoms with Gasteiger partial charge in [0, 0.05) is 16.7 Å². The van der Waals surface area contributed by atoms with E-state index in [0.29, 0.717) is 5.82 Å². The third-order valence-electron chi connectivity index (χ3n) is 10.8. The molecule has 9 aromatic rings. The molecule has 0 spiro atoms. The van der Waals surface area contributed by atoms with Crippen molar-refractivity contribution in [1.29, 1.82) is 0 Å². The van der Waals surface area contributed by atoms with E-state index < -0.39 is 5.41 Å². The van der Waals surface area contributed by atoms with Crippen molar-refractivity contribution in [3.8, 4) is 56.2 Å². The molecule has 1 aromatic heterocycles. The maximum atomic E-state index is 5.23. The van der Waals surface area contributed by atoms with Crippen molar-refractivity contribution in [3.63, 3.8) is 0 Å². The molecule has 8 aromatic carbocycles. The van der Waals surface area contributed by atoms with Crippen LogP contribution in [0.2, 0.25) is 0 Å². The Balaban J connectivity index is 1.16. The summed E-state index contributed by atoms with van der Waals surface area (Å²) in [4.78, 5) is 10.4. The summed E-state index contributed by atoms with van der Waals surface area (Å²) in [7, 11) is 0. The lowest BCUT2D eigenvalue weighted by Gasteiger charge is -2.34. The summed E-state index contributed by atoms with van der Waals surface area (Å²) in [6.45, 7) is 0. The van der Waals surface area contributed by atoms with Crippen molar-refractivity contribution in [1.82, 2.24) is 9.97 Å². The van der Waals surface area contributed by atoms with E-state index in [1.54, 1.807) is 0 Å². The Morgan fingerprint density at radius 2 is 0.830 bits per heavy atom. The molecule has 0 amide bonds. The molecule has 248 valence electrons. The molecule has 1 heterocycles. The van der Waals surface area contributed by atoms with Gasteiger partial charge in [-0.15, -0.1) is 0 Å². The van der Waals surface area contributed by atoms with Crippen LogP contribution in [0.4, 0.5) is 0 Å². The summed E-state index contributed by atoms with van der Waals surface area (Å²) in [6, 6.07) is 73.9. The lowest BCUT2D eigenvalue weighted by atomic mass is 9.66. The Morgan fingerprint density at radius 3 is 1.47 bits per heavy atom. The quantitative estimate of drug-likeness (QED) is 0.175. The van der Waals surface area contributed by atoms with Crippen LogP contribution in [0.25, 0.3) is 66.9 Å². The van der Waals surface area contributed by atoms with Crippen LogP contribution in [0.3, 0.4) is 0 Å². The fourth-order valence-corrected chi connectivity index (χ4v) is 8.36. The molecule has 10 rings (SSSR count). The maximum Gasteiger partial charge on any atom is 0.160 e. The second kappa shape index (κ2) is 12.7. The molecule has 0 saturated heterocycles. The molecule has 0 radical (unpaired) electrons. The SMILES string of the molecule is c1ccc(-c2ccc(-c3cc(-c4ccccc4)nc(-c4ccc5c6c(ccc5c4)-c4ccccc4C6(c4ccccc4)c4ccccc4)n3)cc2)cc1. The Hall–Kier alpha value is -6.90. The van der Waals surface area contributed by atoms with E-state index >= 15 is 0 Å². The smallest absolute Gasteiger partial charge is 0.160 e. The molecule has 0 fully saturated rings. The maximum absolute atomic E-state index is 5.23. The highest BCUT2D eigenvalue weighted by atomic mass is 14.9. The number of hydrogen-bond donors (Lipinski definition) is 0. The van der Waals surface area contributed by atoms with E-state index in [1.165, 1.54) is 49.9 Å². The standard InChI is InChI=1S/C51H34N2/c1-5-15-35(16-6-1)36-25-27-38(28-26-36)48-34-47(37-17-7-2-8-18-37)52-50(53-48)40-30-31-43-39(33-40)29-32-45-44-23-13-14-24-46(44)51(49(43)45,41-19-9-3-10-20-41)42-21-11-4-12-22-42/h1-34H. The summed E-state index contributed by atoms with van der Waals surface area (Å²) >= 11 is 0. The van der Waals surface area contributed by atoms with Crippen LogP contribution < -0.4 is 0 Å². The molecule has 2 nitrogen and oxygen atoms in total. The van der Waals surface area contributed by atoms with Gasteiger partial charge in [0.2, 0.25) is 0 Å². The summed E-state index contributed by atoms with van der Waals surface area (Å²) in [5, 5.41) is 2.39. The van der Waals surface area contributed by atoms with E-state index in [4.69, 9.17) is 9.97 Å². The van der Waals surface area contributed by atoms with Crippen LogP contribution in [0.1, 0.15) is 22.3 Å². The van der Waals surface area contributed by atoms with Gasteiger partial charge < -0.3 is 0 Å². The van der Waals surface area contributed by atoms with Crippen LogP contribution in [-0.4, -0.2) is 9.97 Å². The number of benzene rings is 8. The minimum Gasteiger partial charge on any atom is -0.228 e. The van der Waals surface area contributed by atoms with Gasteiger partial charge in [-0.05, 0) is 67.4 Å². The molecule has 0 atom stereocenters. The average Bonchev–Trinajstić information content (AvgIpc) is 3.56. The summed E-state index contributed by atoms with van der Waals surface area (Å²) in [6.07, 6.45) is 0. The first kappa shape index (κ1) is 30.9. The third kappa shape index (κ3) is 5.11. The summed E-state index contributed by atoms with van der Waals surface area (Å²) < 4.78 is 0. The minimum absolute atomic E-state index is 0.474. The van der Waals surface area contributed by atoms with Gasteiger partial charge in [-0.25, -0.2) is 9.97 Å². The van der Waals surface area contributed by atoms with E-state index in [2.05, 4.69) is 194 Å². The average molecular weight is 675 g/mol. The Kier molecular flexibility index (Phi) is 7.40. The van der Waals surface area contributed by atoms with Crippen LogP contribution >= 0.6 is 0 Å². The van der Waals surface area contributed by atoms with Crippen LogP contribution in [0.15, 0.2) is 206 Å². The van der Waals surface area contributed by atoms with Crippen molar-refractivity contribution in [2.75, 3.05) is 0 Å². The van der Waals surface area contributed by atoms with Crippen molar-refractivity contribution in [3.05, 3.63) is 229 Å². The summed E-state index contributed by atoms with van der Waals surface area (Å²) in [5.41, 5.74) is 14.5. The number of fused-ring (bicyclic) bond motifs is 5. The highest BCUT2D eigenvalue weighted by molar-refractivity contribution is 6.01. The Morgan fingerprint density at radius 1 is 0.340 bits per heavy atom. The van der Waals surface area contributed by atoms with Crippen molar-refractivity contribution in [2.45, 2.75) is 5.41 Å². The molecular formula is C51H34N2. The third-order valence-corrected chi connectivity index (χ3v) is 10.8. The predicted molar refractivity (Wildman–Crippen MR) is 219 cm³/mol. The normalized spacial score (nSPS) is 12.7. The fraction of sp³-hybridized carbons (Fsp3) is 0.0196. The molecule has 0 unspecified atom stereocenters. The largest absolute Gasteiger partial charge is 0.228 e. The molecule has 0 aliphatic heterocycles. The van der Waals surface area contributed by atoms with E-state index in [9.17, 15) is 0 Å². The lowest BCUT2D eigenvalue weighted by molar-refractivity contribution is 0.775. The Labute approximate surface area is 309 Å². The molecule has 0 N–H and O–H groups in total. The first-order valence-electron chi connectivity index (χ1n) is 18.2. The number of hydrogen-bond acceptors (Lipinski definition) is 2. The van der Waals surface area contributed by atoms with Crippen molar-refractivity contribution < 1.29 is 0 Å².